The number of hydrazone groups is 1. The van der Waals surface area contributed by atoms with E-state index >= 15 is 0 Å². The first-order chi connectivity index (χ1) is 15.0. The molecule has 5 aromatic rings. The number of para-hydroxylation sites is 1. The van der Waals surface area contributed by atoms with Gasteiger partial charge in [-0.3, -0.25) is 10.4 Å². The van der Waals surface area contributed by atoms with E-state index in [-0.39, 0.29) is 11.5 Å². The monoisotopic (exact) mass is 410 g/mol. The SMILES string of the molecule is CCn1c2ccccc2c2cc(/C=N/Nc3cc(C)nc4cc(O)c(O)cc34)ccc21. The lowest BCUT2D eigenvalue weighted by Crippen LogP contribution is -1.95. The van der Waals surface area contributed by atoms with Crippen LogP contribution in [0.25, 0.3) is 32.7 Å². The lowest BCUT2D eigenvalue weighted by atomic mass is 10.1. The first-order valence-corrected chi connectivity index (χ1v) is 10.2. The van der Waals surface area contributed by atoms with Crippen molar-refractivity contribution < 1.29 is 10.2 Å². The Kier molecular flexibility index (Phi) is 4.47. The summed E-state index contributed by atoms with van der Waals surface area (Å²) in [5, 5.41) is 27.2. The van der Waals surface area contributed by atoms with Gasteiger partial charge in [0.05, 0.1) is 17.4 Å². The van der Waals surface area contributed by atoms with Crippen molar-refractivity contribution in [3.8, 4) is 11.5 Å². The van der Waals surface area contributed by atoms with E-state index in [1.807, 2.05) is 13.0 Å². The first kappa shape index (κ1) is 18.9. The molecule has 2 aromatic heterocycles. The van der Waals surface area contributed by atoms with Crippen molar-refractivity contribution in [3.63, 3.8) is 0 Å². The van der Waals surface area contributed by atoms with E-state index in [2.05, 4.69) is 69.5 Å². The quantitative estimate of drug-likeness (QED) is 0.207. The molecule has 6 nitrogen and oxygen atoms in total. The minimum atomic E-state index is -0.195. The molecule has 0 amide bonds. The second-order valence-electron chi connectivity index (χ2n) is 7.58. The Bertz CT molecular complexity index is 1480. The molecular formula is C25H22N4O2. The maximum absolute atomic E-state index is 9.88. The summed E-state index contributed by atoms with van der Waals surface area (Å²) in [6.45, 7) is 4.94. The highest BCUT2D eigenvalue weighted by molar-refractivity contribution is 6.09. The molecule has 0 saturated carbocycles. The Hall–Kier alpha value is -4.06. The normalized spacial score (nSPS) is 11.8. The van der Waals surface area contributed by atoms with E-state index in [0.29, 0.717) is 16.6 Å². The summed E-state index contributed by atoms with van der Waals surface area (Å²) in [5.41, 5.74) is 8.55. The van der Waals surface area contributed by atoms with Crippen molar-refractivity contribution in [1.29, 1.82) is 0 Å². The van der Waals surface area contributed by atoms with E-state index in [1.165, 1.54) is 33.9 Å². The van der Waals surface area contributed by atoms with Crippen LogP contribution in [-0.4, -0.2) is 26.0 Å². The zero-order valence-corrected chi connectivity index (χ0v) is 17.3. The van der Waals surface area contributed by atoms with Gasteiger partial charge in [0, 0.05) is 45.5 Å². The van der Waals surface area contributed by atoms with Gasteiger partial charge in [-0.1, -0.05) is 24.3 Å². The Labute approximate surface area is 179 Å². The lowest BCUT2D eigenvalue weighted by molar-refractivity contribution is 0.405. The van der Waals surface area contributed by atoms with Crippen molar-refractivity contribution in [2.24, 2.45) is 5.10 Å². The predicted molar refractivity (Wildman–Crippen MR) is 126 cm³/mol. The van der Waals surface area contributed by atoms with E-state index in [4.69, 9.17) is 0 Å². The minimum absolute atomic E-state index is 0.192. The number of rotatable bonds is 4. The van der Waals surface area contributed by atoms with Crippen molar-refractivity contribution in [2.75, 3.05) is 5.43 Å². The zero-order valence-electron chi connectivity index (χ0n) is 17.3. The molecule has 31 heavy (non-hydrogen) atoms. The van der Waals surface area contributed by atoms with Gasteiger partial charge in [0.25, 0.3) is 0 Å². The fourth-order valence-electron chi connectivity index (χ4n) is 4.14. The highest BCUT2D eigenvalue weighted by Gasteiger charge is 2.10. The molecule has 2 heterocycles. The highest BCUT2D eigenvalue weighted by Crippen LogP contribution is 2.33. The van der Waals surface area contributed by atoms with E-state index in [1.54, 1.807) is 6.21 Å². The van der Waals surface area contributed by atoms with Crippen LogP contribution < -0.4 is 5.43 Å². The topological polar surface area (TPSA) is 82.7 Å². The summed E-state index contributed by atoms with van der Waals surface area (Å²) >= 11 is 0. The number of hydrogen-bond acceptors (Lipinski definition) is 5. The van der Waals surface area contributed by atoms with Crippen molar-refractivity contribution in [2.45, 2.75) is 20.4 Å². The number of hydrogen-bond donors (Lipinski definition) is 3. The standard InChI is InChI=1S/C25H22N4O2/c1-3-29-22-7-5-4-6-17(22)18-11-16(8-9-23(18)29)14-26-28-21-10-15(2)27-20-13-25(31)24(30)12-19(20)21/h4-14,30-31H,3H2,1-2H3,(H,27,28)/b26-14+. The van der Waals surface area contributed by atoms with E-state index in [9.17, 15) is 10.2 Å². The fraction of sp³-hybridized carbons (Fsp3) is 0.120. The second-order valence-corrected chi connectivity index (χ2v) is 7.58. The Morgan fingerprint density at radius 2 is 1.71 bits per heavy atom. The average molecular weight is 410 g/mol. The van der Waals surface area contributed by atoms with Crippen LogP contribution in [0.15, 0.2) is 65.8 Å². The molecule has 0 saturated heterocycles. The summed E-state index contributed by atoms with van der Waals surface area (Å²) in [4.78, 5) is 4.41. The molecule has 0 spiro atoms. The predicted octanol–water partition coefficient (Wildman–Crippen LogP) is 5.53. The number of aromatic hydroxyl groups is 2. The summed E-state index contributed by atoms with van der Waals surface area (Å²) in [5.74, 6) is -0.387. The van der Waals surface area contributed by atoms with Gasteiger partial charge < -0.3 is 14.8 Å². The Balaban J connectivity index is 1.52. The van der Waals surface area contributed by atoms with Crippen molar-refractivity contribution in [3.05, 3.63) is 71.9 Å². The third-order valence-corrected chi connectivity index (χ3v) is 5.54. The van der Waals surface area contributed by atoms with Crippen LogP contribution >= 0.6 is 0 Å². The number of phenolic OH excluding ortho intramolecular Hbond substituents is 2. The van der Waals surface area contributed by atoms with Gasteiger partial charge in [0.1, 0.15) is 0 Å². The molecule has 3 N–H and O–H groups in total. The van der Waals surface area contributed by atoms with Gasteiger partial charge >= 0.3 is 0 Å². The summed E-state index contributed by atoms with van der Waals surface area (Å²) in [6, 6.07) is 19.6. The number of pyridine rings is 1. The summed E-state index contributed by atoms with van der Waals surface area (Å²) in [7, 11) is 0. The molecule has 0 radical (unpaired) electrons. The molecule has 0 unspecified atom stereocenters. The van der Waals surface area contributed by atoms with Gasteiger partial charge in [0.2, 0.25) is 0 Å². The molecule has 0 fully saturated rings. The van der Waals surface area contributed by atoms with E-state index < -0.39 is 0 Å². The van der Waals surface area contributed by atoms with Crippen LogP contribution in [0.5, 0.6) is 11.5 Å². The number of fused-ring (bicyclic) bond motifs is 4. The highest BCUT2D eigenvalue weighted by atomic mass is 16.3. The summed E-state index contributed by atoms with van der Waals surface area (Å²) < 4.78 is 2.32. The number of nitrogens with zero attached hydrogens (tertiary/aromatic N) is 3. The van der Waals surface area contributed by atoms with Crippen LogP contribution in [0.1, 0.15) is 18.2 Å². The van der Waals surface area contributed by atoms with E-state index in [0.717, 1.165) is 17.8 Å². The van der Waals surface area contributed by atoms with Gasteiger partial charge in [-0.05, 0) is 49.7 Å². The number of phenols is 2. The number of nitrogens with one attached hydrogen (secondary N) is 1. The molecule has 0 aliphatic heterocycles. The van der Waals surface area contributed by atoms with Crippen LogP contribution in [0.4, 0.5) is 5.69 Å². The number of aromatic nitrogens is 2. The smallest absolute Gasteiger partial charge is 0.159 e. The third-order valence-electron chi connectivity index (χ3n) is 5.54. The molecule has 5 rings (SSSR count). The zero-order chi connectivity index (χ0) is 21.5. The second kappa shape index (κ2) is 7.32. The fourth-order valence-corrected chi connectivity index (χ4v) is 4.14. The van der Waals surface area contributed by atoms with Gasteiger partial charge in [-0.2, -0.15) is 5.10 Å². The Morgan fingerprint density at radius 3 is 2.55 bits per heavy atom. The molecule has 0 aliphatic rings. The van der Waals surface area contributed by atoms with Crippen LogP contribution in [0, 0.1) is 6.92 Å². The van der Waals surface area contributed by atoms with Gasteiger partial charge in [0.15, 0.2) is 11.5 Å². The van der Waals surface area contributed by atoms with Crippen LogP contribution in [0.3, 0.4) is 0 Å². The molecule has 0 atom stereocenters. The third kappa shape index (κ3) is 3.22. The van der Waals surface area contributed by atoms with Crippen LogP contribution in [-0.2, 0) is 6.54 Å². The molecule has 0 bridgehead atoms. The number of benzene rings is 3. The van der Waals surface area contributed by atoms with Crippen LogP contribution in [0.2, 0.25) is 0 Å². The Morgan fingerprint density at radius 1 is 0.935 bits per heavy atom. The number of aryl methyl sites for hydroxylation is 2. The molecule has 154 valence electrons. The number of anilines is 1. The van der Waals surface area contributed by atoms with Gasteiger partial charge in [-0.15, -0.1) is 0 Å². The average Bonchev–Trinajstić information content (AvgIpc) is 3.08. The maximum atomic E-state index is 9.88. The van der Waals surface area contributed by atoms with Gasteiger partial charge in [-0.25, -0.2) is 0 Å². The molecular weight excluding hydrogens is 388 g/mol. The molecule has 0 aliphatic carbocycles. The molecule has 6 heteroatoms. The maximum Gasteiger partial charge on any atom is 0.159 e. The summed E-state index contributed by atoms with van der Waals surface area (Å²) in [6.07, 6.45) is 1.78. The largest absolute Gasteiger partial charge is 0.504 e. The van der Waals surface area contributed by atoms with Crippen molar-refractivity contribution >= 4 is 44.6 Å². The first-order valence-electron chi connectivity index (χ1n) is 10.2. The van der Waals surface area contributed by atoms with Crippen molar-refractivity contribution in [1.82, 2.24) is 9.55 Å². The lowest BCUT2D eigenvalue weighted by Gasteiger charge is -2.08. The molecule has 3 aromatic carbocycles. The minimum Gasteiger partial charge on any atom is -0.504 e.